The average molecular weight is 534 g/mol. The molecular formula is C30H35N3O6. The molecule has 1 N–H and O–H groups in total. The number of rotatable bonds is 14. The summed E-state index contributed by atoms with van der Waals surface area (Å²) in [6.45, 7) is 1.87. The molecule has 0 spiro atoms. The van der Waals surface area contributed by atoms with Gasteiger partial charge in [-0.05, 0) is 61.4 Å². The molecule has 0 bridgehead atoms. The predicted molar refractivity (Wildman–Crippen MR) is 150 cm³/mol. The molecule has 0 fully saturated rings. The third kappa shape index (κ3) is 6.73. The maximum Gasteiger partial charge on any atom is 0.251 e. The molecule has 4 rings (SSSR count). The number of para-hydroxylation sites is 2. The van der Waals surface area contributed by atoms with E-state index in [-0.39, 0.29) is 5.91 Å². The van der Waals surface area contributed by atoms with Crippen LogP contribution >= 0.6 is 0 Å². The van der Waals surface area contributed by atoms with Gasteiger partial charge in [-0.2, -0.15) is 0 Å². The molecule has 206 valence electrons. The van der Waals surface area contributed by atoms with Gasteiger partial charge in [0.05, 0.1) is 46.1 Å². The molecule has 0 aliphatic heterocycles. The van der Waals surface area contributed by atoms with Gasteiger partial charge >= 0.3 is 0 Å². The van der Waals surface area contributed by atoms with Crippen LogP contribution in [0.3, 0.4) is 0 Å². The Morgan fingerprint density at radius 3 is 2.21 bits per heavy atom. The Morgan fingerprint density at radius 1 is 0.846 bits per heavy atom. The second-order valence-corrected chi connectivity index (χ2v) is 8.82. The second-order valence-electron chi connectivity index (χ2n) is 8.82. The third-order valence-corrected chi connectivity index (χ3v) is 6.38. The van der Waals surface area contributed by atoms with E-state index < -0.39 is 0 Å². The minimum absolute atomic E-state index is 0.210. The summed E-state index contributed by atoms with van der Waals surface area (Å²) < 4.78 is 29.4. The Balaban J connectivity index is 1.34. The van der Waals surface area contributed by atoms with E-state index in [2.05, 4.69) is 16.0 Å². The van der Waals surface area contributed by atoms with Gasteiger partial charge in [0.15, 0.2) is 11.5 Å². The predicted octanol–water partition coefficient (Wildman–Crippen LogP) is 4.90. The fraction of sp³-hybridized carbons (Fsp3) is 0.333. The molecule has 0 aliphatic carbocycles. The minimum atomic E-state index is -0.210. The topological polar surface area (TPSA) is 93.1 Å². The summed E-state index contributed by atoms with van der Waals surface area (Å²) in [6.07, 6.45) is 2.29. The molecular weight excluding hydrogens is 498 g/mol. The van der Waals surface area contributed by atoms with E-state index in [1.165, 1.54) is 21.3 Å². The van der Waals surface area contributed by atoms with Gasteiger partial charge in [0.1, 0.15) is 17.3 Å². The van der Waals surface area contributed by atoms with Crippen molar-refractivity contribution >= 4 is 16.9 Å². The minimum Gasteiger partial charge on any atom is -0.497 e. The van der Waals surface area contributed by atoms with Crippen molar-refractivity contribution in [1.82, 2.24) is 14.9 Å². The van der Waals surface area contributed by atoms with E-state index in [4.69, 9.17) is 28.7 Å². The van der Waals surface area contributed by atoms with Gasteiger partial charge in [0.2, 0.25) is 5.75 Å². The van der Waals surface area contributed by atoms with Gasteiger partial charge in [-0.25, -0.2) is 4.98 Å². The van der Waals surface area contributed by atoms with E-state index >= 15 is 0 Å². The number of imidazole rings is 1. The van der Waals surface area contributed by atoms with Crippen LogP contribution in [0.15, 0.2) is 60.7 Å². The van der Waals surface area contributed by atoms with E-state index in [1.807, 2.05) is 42.5 Å². The van der Waals surface area contributed by atoms with Crippen LogP contribution in [0.25, 0.3) is 11.0 Å². The van der Waals surface area contributed by atoms with Gasteiger partial charge in [-0.15, -0.1) is 0 Å². The standard InChI is InChI=1S/C30H35N3O6/c1-35-22-12-14-23(15-13-22)39-18-8-17-33-25-10-6-5-9-24(25)32-28(33)11-7-16-31-30(34)21-19-26(36-2)29(38-4)27(20-21)37-3/h5-6,9-10,12-15,19-20H,7-8,11,16-18H2,1-4H3,(H,31,34). The van der Waals surface area contributed by atoms with Crippen LogP contribution in [0.4, 0.5) is 0 Å². The zero-order valence-corrected chi connectivity index (χ0v) is 22.9. The number of fused-ring (bicyclic) bond motifs is 1. The molecule has 0 atom stereocenters. The first-order valence-corrected chi connectivity index (χ1v) is 12.9. The van der Waals surface area contributed by atoms with Gasteiger partial charge in [0.25, 0.3) is 5.91 Å². The average Bonchev–Trinajstić information content (AvgIpc) is 3.33. The first-order valence-electron chi connectivity index (χ1n) is 12.9. The lowest BCUT2D eigenvalue weighted by Crippen LogP contribution is -2.25. The lowest BCUT2D eigenvalue weighted by atomic mass is 10.1. The van der Waals surface area contributed by atoms with Crippen LogP contribution in [0.5, 0.6) is 28.7 Å². The quantitative estimate of drug-likeness (QED) is 0.230. The summed E-state index contributed by atoms with van der Waals surface area (Å²) in [6, 6.07) is 19.0. The van der Waals surface area contributed by atoms with Crippen molar-refractivity contribution in [1.29, 1.82) is 0 Å². The maximum absolute atomic E-state index is 12.8. The molecule has 39 heavy (non-hydrogen) atoms. The lowest BCUT2D eigenvalue weighted by Gasteiger charge is -2.14. The Morgan fingerprint density at radius 2 is 1.54 bits per heavy atom. The molecule has 0 radical (unpaired) electrons. The van der Waals surface area contributed by atoms with Crippen LogP contribution in [0.1, 0.15) is 29.0 Å². The van der Waals surface area contributed by atoms with E-state index in [9.17, 15) is 4.79 Å². The van der Waals surface area contributed by atoms with Gasteiger partial charge < -0.3 is 33.6 Å². The number of amides is 1. The number of aromatic nitrogens is 2. The fourth-order valence-electron chi connectivity index (χ4n) is 4.41. The zero-order chi connectivity index (χ0) is 27.6. The van der Waals surface area contributed by atoms with Crippen molar-refractivity contribution in [2.45, 2.75) is 25.8 Å². The van der Waals surface area contributed by atoms with Crippen LogP contribution in [-0.4, -0.2) is 57.0 Å². The second kappa shape index (κ2) is 13.4. The number of hydrogen-bond donors (Lipinski definition) is 1. The number of aryl methyl sites for hydroxylation is 2. The summed E-state index contributed by atoms with van der Waals surface area (Å²) in [5.74, 6) is 3.72. The number of hydrogen-bond acceptors (Lipinski definition) is 7. The van der Waals surface area contributed by atoms with Gasteiger partial charge in [-0.3, -0.25) is 4.79 Å². The highest BCUT2D eigenvalue weighted by molar-refractivity contribution is 5.95. The van der Waals surface area contributed by atoms with E-state index in [1.54, 1.807) is 19.2 Å². The van der Waals surface area contributed by atoms with Gasteiger partial charge in [-0.1, -0.05) is 12.1 Å². The molecule has 1 amide bonds. The Bertz CT molecular complexity index is 1360. The molecule has 9 heteroatoms. The first-order chi connectivity index (χ1) is 19.1. The van der Waals surface area contributed by atoms with Crippen LogP contribution in [0.2, 0.25) is 0 Å². The summed E-state index contributed by atoms with van der Waals surface area (Å²) in [7, 11) is 6.22. The van der Waals surface area contributed by atoms with Crippen molar-refractivity contribution in [3.8, 4) is 28.7 Å². The number of carbonyl (C=O) groups excluding carboxylic acids is 1. The van der Waals surface area contributed by atoms with Crippen LogP contribution in [-0.2, 0) is 13.0 Å². The molecule has 1 heterocycles. The molecule has 9 nitrogen and oxygen atoms in total. The van der Waals surface area contributed by atoms with Crippen molar-refractivity contribution in [3.05, 3.63) is 72.1 Å². The van der Waals surface area contributed by atoms with Crippen molar-refractivity contribution in [2.24, 2.45) is 0 Å². The Kier molecular flexibility index (Phi) is 9.50. The number of carbonyl (C=O) groups is 1. The molecule has 4 aromatic rings. The largest absolute Gasteiger partial charge is 0.497 e. The summed E-state index contributed by atoms with van der Waals surface area (Å²) >= 11 is 0. The molecule has 1 aromatic heterocycles. The SMILES string of the molecule is COc1ccc(OCCCn2c(CCCNC(=O)c3cc(OC)c(OC)c(OC)c3)nc3ccccc32)cc1. The smallest absolute Gasteiger partial charge is 0.251 e. The zero-order valence-electron chi connectivity index (χ0n) is 22.9. The molecule has 0 saturated carbocycles. The van der Waals surface area contributed by atoms with Crippen LogP contribution in [0, 0.1) is 0 Å². The monoisotopic (exact) mass is 533 g/mol. The van der Waals surface area contributed by atoms with Crippen molar-refractivity contribution in [3.63, 3.8) is 0 Å². The molecule has 0 saturated heterocycles. The number of nitrogens with one attached hydrogen (secondary N) is 1. The number of methoxy groups -OCH3 is 4. The highest BCUT2D eigenvalue weighted by Gasteiger charge is 2.17. The molecule has 0 aliphatic rings. The highest BCUT2D eigenvalue weighted by Crippen LogP contribution is 2.38. The molecule has 3 aromatic carbocycles. The maximum atomic E-state index is 12.8. The van der Waals surface area contributed by atoms with Crippen molar-refractivity contribution < 1.29 is 28.5 Å². The van der Waals surface area contributed by atoms with Crippen molar-refractivity contribution in [2.75, 3.05) is 41.6 Å². The van der Waals surface area contributed by atoms with E-state index in [0.29, 0.717) is 36.0 Å². The number of benzene rings is 3. The Hall–Kier alpha value is -4.40. The van der Waals surface area contributed by atoms with Crippen LogP contribution < -0.4 is 29.0 Å². The summed E-state index contributed by atoms with van der Waals surface area (Å²) in [4.78, 5) is 17.7. The summed E-state index contributed by atoms with van der Waals surface area (Å²) in [5.41, 5.74) is 2.50. The number of ether oxygens (including phenoxy) is 5. The molecule has 0 unspecified atom stereocenters. The van der Waals surface area contributed by atoms with Gasteiger partial charge in [0, 0.05) is 25.1 Å². The Labute approximate surface area is 228 Å². The summed E-state index contributed by atoms with van der Waals surface area (Å²) in [5, 5.41) is 2.98. The first kappa shape index (κ1) is 27.6. The highest BCUT2D eigenvalue weighted by atomic mass is 16.5. The number of nitrogens with zero attached hydrogens (tertiary/aromatic N) is 2. The normalized spacial score (nSPS) is 10.8. The van der Waals surface area contributed by atoms with E-state index in [0.717, 1.165) is 54.2 Å². The fourth-order valence-corrected chi connectivity index (χ4v) is 4.41. The third-order valence-electron chi connectivity index (χ3n) is 6.38. The lowest BCUT2D eigenvalue weighted by molar-refractivity contribution is 0.0952.